The molecule has 1 saturated carbocycles. The molecule has 5 rings (SSSR count). The predicted molar refractivity (Wildman–Crippen MR) is 112 cm³/mol. The average molecular weight is 443 g/mol. The first-order valence-electron chi connectivity index (χ1n) is 11.0. The molecule has 2 aromatic heterocycles. The number of fused-ring (bicyclic) bond motifs is 2. The molecule has 2 aliphatic rings. The van der Waals surface area contributed by atoms with Gasteiger partial charge < -0.3 is 5.32 Å². The number of carbonyl (C=O) groups excluding carboxylic acids is 1. The van der Waals surface area contributed by atoms with Gasteiger partial charge >= 0.3 is 6.18 Å². The summed E-state index contributed by atoms with van der Waals surface area (Å²) in [7, 11) is 0. The van der Waals surface area contributed by atoms with Crippen molar-refractivity contribution in [1.82, 2.24) is 25.5 Å². The normalized spacial score (nSPS) is 23.7. The van der Waals surface area contributed by atoms with Gasteiger partial charge in [0.1, 0.15) is 6.33 Å². The van der Waals surface area contributed by atoms with Gasteiger partial charge in [-0.1, -0.05) is 12.1 Å². The Labute approximate surface area is 183 Å². The number of nitrogens with one attached hydrogen (secondary N) is 2. The Kier molecular flexibility index (Phi) is 5.35. The molecule has 9 heteroatoms. The van der Waals surface area contributed by atoms with Gasteiger partial charge in [0, 0.05) is 11.5 Å². The fourth-order valence-electron chi connectivity index (χ4n) is 5.08. The molecule has 1 fully saturated rings. The number of hydrogen-bond acceptors (Lipinski definition) is 4. The summed E-state index contributed by atoms with van der Waals surface area (Å²) in [5.41, 5.74) is 4.69. The SMILES string of the molecule is O=C(N[C@@H]1CCCc2cc(-c3ncnc4[nH]ncc34)ccc21)C1CCC(C(F)(F)F)CC1. The lowest BCUT2D eigenvalue weighted by atomic mass is 9.80. The van der Waals surface area contributed by atoms with Crippen LogP contribution in [0.15, 0.2) is 30.7 Å². The van der Waals surface area contributed by atoms with Gasteiger partial charge in [-0.25, -0.2) is 9.97 Å². The Balaban J connectivity index is 1.31. The van der Waals surface area contributed by atoms with Gasteiger partial charge in [0.15, 0.2) is 5.65 Å². The summed E-state index contributed by atoms with van der Waals surface area (Å²) in [4.78, 5) is 21.4. The van der Waals surface area contributed by atoms with Crippen LogP contribution in [0.2, 0.25) is 0 Å². The maximum atomic E-state index is 12.9. The number of amides is 1. The maximum Gasteiger partial charge on any atom is 0.391 e. The van der Waals surface area contributed by atoms with Crippen LogP contribution in [0.5, 0.6) is 0 Å². The smallest absolute Gasteiger partial charge is 0.349 e. The van der Waals surface area contributed by atoms with Crippen LogP contribution in [0.4, 0.5) is 13.2 Å². The largest absolute Gasteiger partial charge is 0.391 e. The molecule has 1 amide bonds. The fourth-order valence-corrected chi connectivity index (χ4v) is 5.08. The van der Waals surface area contributed by atoms with Gasteiger partial charge in [-0.2, -0.15) is 18.3 Å². The molecular formula is C23H24F3N5O. The van der Waals surface area contributed by atoms with E-state index in [1.807, 2.05) is 12.1 Å². The molecule has 0 radical (unpaired) electrons. The Morgan fingerprint density at radius 3 is 2.69 bits per heavy atom. The lowest BCUT2D eigenvalue weighted by Gasteiger charge is -2.32. The van der Waals surface area contributed by atoms with Crippen molar-refractivity contribution in [3.05, 3.63) is 41.9 Å². The number of nitrogens with zero attached hydrogens (tertiary/aromatic N) is 3. The molecule has 2 N–H and O–H groups in total. The Morgan fingerprint density at radius 2 is 1.91 bits per heavy atom. The van der Waals surface area contributed by atoms with Crippen molar-refractivity contribution in [2.24, 2.45) is 11.8 Å². The van der Waals surface area contributed by atoms with Crippen LogP contribution in [0.3, 0.4) is 0 Å². The second-order valence-electron chi connectivity index (χ2n) is 8.81. The molecule has 1 atom stereocenters. The average Bonchev–Trinajstić information content (AvgIpc) is 3.27. The number of halogens is 3. The highest BCUT2D eigenvalue weighted by atomic mass is 19.4. The molecule has 2 aliphatic carbocycles. The van der Waals surface area contributed by atoms with E-state index in [1.54, 1.807) is 6.20 Å². The molecule has 32 heavy (non-hydrogen) atoms. The second kappa shape index (κ2) is 8.18. The van der Waals surface area contributed by atoms with Gasteiger partial charge in [0.2, 0.25) is 5.91 Å². The third-order valence-electron chi connectivity index (χ3n) is 6.86. The van der Waals surface area contributed by atoms with E-state index < -0.39 is 12.1 Å². The number of H-pyrrole nitrogens is 1. The molecule has 2 heterocycles. The van der Waals surface area contributed by atoms with Gasteiger partial charge in [0.25, 0.3) is 0 Å². The number of carbonyl (C=O) groups is 1. The van der Waals surface area contributed by atoms with Crippen LogP contribution in [0, 0.1) is 11.8 Å². The van der Waals surface area contributed by atoms with Crippen molar-refractivity contribution in [3.8, 4) is 11.3 Å². The summed E-state index contributed by atoms with van der Waals surface area (Å²) in [5, 5.41) is 10.9. The van der Waals surface area contributed by atoms with Gasteiger partial charge in [0.05, 0.1) is 29.2 Å². The zero-order valence-corrected chi connectivity index (χ0v) is 17.5. The van der Waals surface area contributed by atoms with Crippen molar-refractivity contribution in [2.75, 3.05) is 0 Å². The van der Waals surface area contributed by atoms with E-state index in [1.165, 1.54) is 6.33 Å². The molecule has 1 aromatic carbocycles. The highest BCUT2D eigenvalue weighted by molar-refractivity contribution is 5.89. The third-order valence-corrected chi connectivity index (χ3v) is 6.86. The fraction of sp³-hybridized carbons (Fsp3) is 0.478. The van der Waals surface area contributed by atoms with E-state index >= 15 is 0 Å². The number of aromatic amines is 1. The third kappa shape index (κ3) is 3.96. The first kappa shape index (κ1) is 20.9. The zero-order chi connectivity index (χ0) is 22.3. The number of rotatable bonds is 3. The Hall–Kier alpha value is -2.97. The van der Waals surface area contributed by atoms with Crippen molar-refractivity contribution in [3.63, 3.8) is 0 Å². The number of alkyl halides is 3. The zero-order valence-electron chi connectivity index (χ0n) is 17.5. The molecule has 168 valence electrons. The van der Waals surface area contributed by atoms with Gasteiger partial charge in [-0.15, -0.1) is 0 Å². The topological polar surface area (TPSA) is 83.6 Å². The molecule has 6 nitrogen and oxygen atoms in total. The van der Waals surface area contributed by atoms with E-state index in [0.717, 1.165) is 47.0 Å². The first-order valence-corrected chi connectivity index (χ1v) is 11.0. The highest BCUT2D eigenvalue weighted by Gasteiger charge is 2.42. The number of hydrogen-bond donors (Lipinski definition) is 2. The standard InChI is InChI=1S/C23H24F3N5O/c24-23(25,26)16-7-4-13(5-8-16)22(32)30-19-3-1-2-14-10-15(6-9-17(14)19)20-18-11-29-31-21(18)28-12-27-20/h6,9-13,16,19H,1-5,7-8H2,(H,30,32)(H,27,28,29,31)/t13?,16?,19-/m1/s1. The minimum absolute atomic E-state index is 0.0353. The number of benzene rings is 1. The lowest BCUT2D eigenvalue weighted by molar-refractivity contribution is -0.184. The summed E-state index contributed by atoms with van der Waals surface area (Å²) in [6, 6.07) is 6.02. The molecule has 0 saturated heterocycles. The maximum absolute atomic E-state index is 12.9. The Bertz CT molecular complexity index is 1130. The quantitative estimate of drug-likeness (QED) is 0.604. The highest BCUT2D eigenvalue weighted by Crippen LogP contribution is 2.40. The van der Waals surface area contributed by atoms with Crippen LogP contribution in [0.25, 0.3) is 22.3 Å². The molecule has 3 aromatic rings. The Morgan fingerprint density at radius 1 is 1.09 bits per heavy atom. The van der Waals surface area contributed by atoms with E-state index in [9.17, 15) is 18.0 Å². The summed E-state index contributed by atoms with van der Waals surface area (Å²) < 4.78 is 38.8. The molecule has 0 spiro atoms. The van der Waals surface area contributed by atoms with Crippen molar-refractivity contribution in [1.29, 1.82) is 0 Å². The summed E-state index contributed by atoms with van der Waals surface area (Å²) in [6.07, 6.45) is 2.39. The first-order chi connectivity index (χ1) is 15.4. The van der Waals surface area contributed by atoms with Crippen molar-refractivity contribution in [2.45, 2.75) is 57.2 Å². The van der Waals surface area contributed by atoms with E-state index in [-0.39, 0.29) is 30.7 Å². The minimum Gasteiger partial charge on any atom is -0.349 e. The molecule has 0 aliphatic heterocycles. The second-order valence-corrected chi connectivity index (χ2v) is 8.81. The summed E-state index contributed by atoms with van der Waals surface area (Å²) in [5.74, 6) is -1.74. The predicted octanol–water partition coefficient (Wildman–Crippen LogP) is 4.88. The van der Waals surface area contributed by atoms with Gasteiger partial charge in [-0.05, 0) is 62.1 Å². The van der Waals surface area contributed by atoms with Crippen molar-refractivity contribution < 1.29 is 18.0 Å². The van der Waals surface area contributed by atoms with Crippen molar-refractivity contribution >= 4 is 16.9 Å². The number of aromatic nitrogens is 4. The summed E-state index contributed by atoms with van der Waals surface area (Å²) >= 11 is 0. The minimum atomic E-state index is -4.16. The lowest BCUT2D eigenvalue weighted by Crippen LogP contribution is -2.38. The van der Waals surface area contributed by atoms with Crippen LogP contribution < -0.4 is 5.32 Å². The van der Waals surface area contributed by atoms with Crippen LogP contribution in [-0.4, -0.2) is 32.2 Å². The van der Waals surface area contributed by atoms with E-state index in [2.05, 4.69) is 31.5 Å². The molecular weight excluding hydrogens is 419 g/mol. The monoisotopic (exact) mass is 443 g/mol. The molecule has 0 bridgehead atoms. The van der Waals surface area contributed by atoms with Gasteiger partial charge in [-0.3, -0.25) is 9.89 Å². The van der Waals surface area contributed by atoms with Crippen LogP contribution >= 0.6 is 0 Å². The van der Waals surface area contributed by atoms with E-state index in [0.29, 0.717) is 18.5 Å². The number of aryl methyl sites for hydroxylation is 1. The molecule has 0 unspecified atom stereocenters. The summed E-state index contributed by atoms with van der Waals surface area (Å²) in [6.45, 7) is 0. The van der Waals surface area contributed by atoms with Crippen LogP contribution in [-0.2, 0) is 11.2 Å². The van der Waals surface area contributed by atoms with Crippen LogP contribution in [0.1, 0.15) is 55.7 Å². The van der Waals surface area contributed by atoms with E-state index in [4.69, 9.17) is 0 Å².